The summed E-state index contributed by atoms with van der Waals surface area (Å²) < 4.78 is 16.8. The molecule has 3 heterocycles. The van der Waals surface area contributed by atoms with Gasteiger partial charge in [0.05, 0.1) is 6.04 Å². The average Bonchev–Trinajstić information content (AvgIpc) is 3.28. The van der Waals surface area contributed by atoms with Gasteiger partial charge in [-0.3, -0.25) is 4.90 Å². The zero-order chi connectivity index (χ0) is 19.6. The standard InChI is InChI=1S/C23H26FN5/c24-20-9-4-3-8-19(20)18-7-2-1-6-17(18)16-28-14-5-10-21(28)23-27-26-22-11-12-25-13-15-29(22)23/h1-4,6-9,21,25H,5,10-16H2/t21-/m0/s1. The summed E-state index contributed by atoms with van der Waals surface area (Å²) in [5.41, 5.74) is 2.79. The van der Waals surface area contributed by atoms with E-state index in [1.54, 1.807) is 6.07 Å². The van der Waals surface area contributed by atoms with Crippen molar-refractivity contribution in [1.29, 1.82) is 0 Å². The fourth-order valence-corrected chi connectivity index (χ4v) is 4.67. The van der Waals surface area contributed by atoms with Gasteiger partial charge in [-0.15, -0.1) is 10.2 Å². The molecule has 1 fully saturated rings. The molecule has 3 aromatic rings. The fourth-order valence-electron chi connectivity index (χ4n) is 4.67. The quantitative estimate of drug-likeness (QED) is 0.739. The SMILES string of the molecule is Fc1ccccc1-c1ccccc1CN1CCC[C@H]1c1nnc2n1CCNCC2. The number of hydrogen-bond donors (Lipinski definition) is 1. The van der Waals surface area contributed by atoms with Crippen LogP contribution in [0.2, 0.25) is 0 Å². The molecule has 2 aliphatic rings. The van der Waals surface area contributed by atoms with Crippen LogP contribution in [0.25, 0.3) is 11.1 Å². The maximum Gasteiger partial charge on any atom is 0.150 e. The van der Waals surface area contributed by atoms with Gasteiger partial charge < -0.3 is 9.88 Å². The first-order valence-corrected chi connectivity index (χ1v) is 10.5. The number of benzene rings is 2. The molecule has 6 heteroatoms. The molecule has 1 saturated heterocycles. The lowest BCUT2D eigenvalue weighted by Crippen LogP contribution is -2.26. The van der Waals surface area contributed by atoms with Crippen LogP contribution in [0.1, 0.15) is 36.1 Å². The van der Waals surface area contributed by atoms with E-state index in [1.807, 2.05) is 30.3 Å². The van der Waals surface area contributed by atoms with Gasteiger partial charge in [0.2, 0.25) is 0 Å². The lowest BCUT2D eigenvalue weighted by molar-refractivity contribution is 0.234. The highest BCUT2D eigenvalue weighted by Gasteiger charge is 2.31. The van der Waals surface area contributed by atoms with Crippen LogP contribution in [-0.2, 0) is 19.5 Å². The molecule has 1 atom stereocenters. The third-order valence-corrected chi connectivity index (χ3v) is 6.11. The van der Waals surface area contributed by atoms with E-state index in [4.69, 9.17) is 0 Å². The first kappa shape index (κ1) is 18.5. The summed E-state index contributed by atoms with van der Waals surface area (Å²) in [6.45, 7) is 4.66. The maximum atomic E-state index is 14.5. The van der Waals surface area contributed by atoms with E-state index in [0.29, 0.717) is 5.56 Å². The Morgan fingerprint density at radius 1 is 0.966 bits per heavy atom. The van der Waals surface area contributed by atoms with Gasteiger partial charge in [-0.25, -0.2) is 4.39 Å². The topological polar surface area (TPSA) is 46.0 Å². The Morgan fingerprint density at radius 3 is 2.69 bits per heavy atom. The number of hydrogen-bond acceptors (Lipinski definition) is 4. The Bertz CT molecular complexity index is 998. The third kappa shape index (κ3) is 3.58. The molecule has 150 valence electrons. The van der Waals surface area contributed by atoms with Gasteiger partial charge in [-0.1, -0.05) is 42.5 Å². The molecule has 5 rings (SSSR count). The van der Waals surface area contributed by atoms with Gasteiger partial charge in [0.15, 0.2) is 0 Å². The van der Waals surface area contributed by atoms with Gasteiger partial charge in [0.25, 0.3) is 0 Å². The Labute approximate surface area is 170 Å². The number of likely N-dealkylation sites (tertiary alicyclic amines) is 1. The molecule has 5 nitrogen and oxygen atoms in total. The number of halogens is 1. The molecule has 2 aromatic carbocycles. The summed E-state index contributed by atoms with van der Waals surface area (Å²) in [7, 11) is 0. The summed E-state index contributed by atoms with van der Waals surface area (Å²) in [5.74, 6) is 2.00. The Hall–Kier alpha value is -2.57. The van der Waals surface area contributed by atoms with E-state index in [0.717, 1.165) is 74.8 Å². The fraction of sp³-hybridized carbons (Fsp3) is 0.391. The molecule has 0 radical (unpaired) electrons. The smallest absolute Gasteiger partial charge is 0.150 e. The third-order valence-electron chi connectivity index (χ3n) is 6.11. The number of rotatable bonds is 4. The molecule has 1 N–H and O–H groups in total. The van der Waals surface area contributed by atoms with E-state index in [-0.39, 0.29) is 11.9 Å². The van der Waals surface area contributed by atoms with Gasteiger partial charge >= 0.3 is 0 Å². The molecule has 1 aromatic heterocycles. The highest BCUT2D eigenvalue weighted by molar-refractivity contribution is 5.67. The molecule has 0 saturated carbocycles. The predicted molar refractivity (Wildman–Crippen MR) is 111 cm³/mol. The summed E-state index contributed by atoms with van der Waals surface area (Å²) in [6, 6.07) is 15.5. The number of aromatic nitrogens is 3. The highest BCUT2D eigenvalue weighted by Crippen LogP contribution is 2.35. The van der Waals surface area contributed by atoms with E-state index in [9.17, 15) is 4.39 Å². The molecular formula is C23H26FN5. The van der Waals surface area contributed by atoms with Crippen molar-refractivity contribution < 1.29 is 4.39 Å². The normalized spacial score (nSPS) is 19.8. The average molecular weight is 391 g/mol. The minimum Gasteiger partial charge on any atom is -0.315 e. The zero-order valence-corrected chi connectivity index (χ0v) is 16.5. The molecule has 0 aliphatic carbocycles. The first-order valence-electron chi connectivity index (χ1n) is 10.5. The van der Waals surface area contributed by atoms with Gasteiger partial charge in [-0.05, 0) is 36.6 Å². The van der Waals surface area contributed by atoms with Crippen LogP contribution in [-0.4, -0.2) is 39.3 Å². The minimum absolute atomic E-state index is 0.173. The van der Waals surface area contributed by atoms with Crippen LogP contribution in [0.5, 0.6) is 0 Å². The van der Waals surface area contributed by atoms with Crippen molar-refractivity contribution in [3.63, 3.8) is 0 Å². The lowest BCUT2D eigenvalue weighted by Gasteiger charge is -2.25. The number of fused-ring (bicyclic) bond motifs is 1. The Morgan fingerprint density at radius 2 is 1.79 bits per heavy atom. The van der Waals surface area contributed by atoms with E-state index < -0.39 is 0 Å². The van der Waals surface area contributed by atoms with Crippen molar-refractivity contribution in [2.45, 2.75) is 38.4 Å². The van der Waals surface area contributed by atoms with Crippen LogP contribution < -0.4 is 5.32 Å². The van der Waals surface area contributed by atoms with Gasteiger partial charge in [-0.2, -0.15) is 0 Å². The van der Waals surface area contributed by atoms with Crippen molar-refractivity contribution in [3.8, 4) is 11.1 Å². The summed E-state index contributed by atoms with van der Waals surface area (Å²) >= 11 is 0. The molecule has 29 heavy (non-hydrogen) atoms. The summed E-state index contributed by atoms with van der Waals surface area (Å²) in [5, 5.41) is 12.5. The van der Waals surface area contributed by atoms with Crippen molar-refractivity contribution in [3.05, 3.63) is 71.6 Å². The summed E-state index contributed by atoms with van der Waals surface area (Å²) in [6.07, 6.45) is 3.16. The van der Waals surface area contributed by atoms with Crippen molar-refractivity contribution in [1.82, 2.24) is 25.0 Å². The van der Waals surface area contributed by atoms with Crippen LogP contribution in [0.4, 0.5) is 4.39 Å². The van der Waals surface area contributed by atoms with Crippen LogP contribution in [0, 0.1) is 5.82 Å². The molecule has 0 unspecified atom stereocenters. The van der Waals surface area contributed by atoms with Crippen LogP contribution in [0.15, 0.2) is 48.5 Å². The molecule has 2 aliphatic heterocycles. The second-order valence-electron chi connectivity index (χ2n) is 7.89. The van der Waals surface area contributed by atoms with E-state index in [1.165, 1.54) is 6.07 Å². The zero-order valence-electron chi connectivity index (χ0n) is 16.5. The maximum absolute atomic E-state index is 14.5. The predicted octanol–water partition coefficient (Wildman–Crippen LogP) is 3.57. The van der Waals surface area contributed by atoms with Crippen LogP contribution in [0.3, 0.4) is 0 Å². The van der Waals surface area contributed by atoms with Crippen molar-refractivity contribution in [2.24, 2.45) is 0 Å². The highest BCUT2D eigenvalue weighted by atomic mass is 19.1. The largest absolute Gasteiger partial charge is 0.315 e. The second-order valence-corrected chi connectivity index (χ2v) is 7.89. The molecule has 0 spiro atoms. The van der Waals surface area contributed by atoms with Crippen molar-refractivity contribution >= 4 is 0 Å². The van der Waals surface area contributed by atoms with Crippen LogP contribution >= 0.6 is 0 Å². The molecular weight excluding hydrogens is 365 g/mol. The second kappa shape index (κ2) is 8.05. The molecule has 0 amide bonds. The van der Waals surface area contributed by atoms with Gasteiger partial charge in [0, 0.05) is 38.2 Å². The van der Waals surface area contributed by atoms with E-state index in [2.05, 4.69) is 31.0 Å². The molecule has 0 bridgehead atoms. The lowest BCUT2D eigenvalue weighted by atomic mass is 9.98. The van der Waals surface area contributed by atoms with Gasteiger partial charge in [0.1, 0.15) is 17.5 Å². The Kier molecular flexibility index (Phi) is 5.12. The van der Waals surface area contributed by atoms with Crippen molar-refractivity contribution in [2.75, 3.05) is 19.6 Å². The monoisotopic (exact) mass is 391 g/mol. The first-order chi connectivity index (χ1) is 14.3. The number of nitrogens with zero attached hydrogens (tertiary/aromatic N) is 4. The minimum atomic E-state index is -0.173. The van der Waals surface area contributed by atoms with E-state index >= 15 is 0 Å². The Balaban J connectivity index is 1.45. The summed E-state index contributed by atoms with van der Waals surface area (Å²) in [4.78, 5) is 2.48. The number of nitrogens with one attached hydrogen (secondary N) is 1.